The molecule has 0 aliphatic carbocycles. The highest BCUT2D eigenvalue weighted by Crippen LogP contribution is 2.17. The first-order valence-corrected chi connectivity index (χ1v) is 7.95. The molecule has 24 heavy (non-hydrogen) atoms. The van der Waals surface area contributed by atoms with Crippen LogP contribution >= 0.6 is 12.4 Å². The molecule has 0 bridgehead atoms. The molecule has 1 aromatic rings. The molecule has 1 aromatic carbocycles. The second kappa shape index (κ2) is 10.9. The van der Waals surface area contributed by atoms with Gasteiger partial charge in [-0.2, -0.15) is 0 Å². The van der Waals surface area contributed by atoms with Crippen LogP contribution in [0.2, 0.25) is 0 Å². The molecule has 2 rings (SSSR count). The van der Waals surface area contributed by atoms with E-state index in [0.29, 0.717) is 12.3 Å². The summed E-state index contributed by atoms with van der Waals surface area (Å²) >= 11 is 0. The maximum Gasteiger partial charge on any atom is 0.408 e. The van der Waals surface area contributed by atoms with E-state index in [-0.39, 0.29) is 19.0 Å². The molecule has 0 saturated carbocycles. The lowest BCUT2D eigenvalue weighted by atomic mass is 9.92. The van der Waals surface area contributed by atoms with Gasteiger partial charge in [0.25, 0.3) is 0 Å². The molecule has 7 heteroatoms. The number of methoxy groups -OCH3 is 1. The van der Waals surface area contributed by atoms with Crippen LogP contribution in [0.5, 0.6) is 0 Å². The van der Waals surface area contributed by atoms with Crippen LogP contribution in [-0.2, 0) is 20.9 Å². The van der Waals surface area contributed by atoms with Crippen molar-refractivity contribution in [2.75, 3.05) is 20.2 Å². The van der Waals surface area contributed by atoms with Crippen molar-refractivity contribution in [1.29, 1.82) is 0 Å². The Morgan fingerprint density at radius 3 is 2.71 bits per heavy atom. The topological polar surface area (TPSA) is 76.7 Å². The first-order valence-electron chi connectivity index (χ1n) is 7.95. The Labute approximate surface area is 148 Å². The van der Waals surface area contributed by atoms with Gasteiger partial charge in [0.2, 0.25) is 0 Å². The molecule has 0 aromatic heterocycles. The highest BCUT2D eigenvalue weighted by Gasteiger charge is 2.27. The molecule has 2 N–H and O–H groups in total. The summed E-state index contributed by atoms with van der Waals surface area (Å²) in [6, 6.07) is 8.73. The number of carbonyl (C=O) groups is 2. The second-order valence-corrected chi connectivity index (χ2v) is 5.73. The number of alkyl carbamates (subject to hydrolysis) is 1. The number of hydrogen-bond acceptors (Lipinski definition) is 5. The van der Waals surface area contributed by atoms with E-state index < -0.39 is 18.1 Å². The third-order valence-corrected chi connectivity index (χ3v) is 3.96. The summed E-state index contributed by atoms with van der Waals surface area (Å²) in [6.07, 6.45) is 2.08. The number of piperidine rings is 1. The molecule has 0 spiro atoms. The monoisotopic (exact) mass is 356 g/mol. The molecule has 2 atom stereocenters. The predicted molar refractivity (Wildman–Crippen MR) is 93.0 cm³/mol. The summed E-state index contributed by atoms with van der Waals surface area (Å²) in [6.45, 7) is 2.03. The summed E-state index contributed by atoms with van der Waals surface area (Å²) < 4.78 is 9.96. The van der Waals surface area contributed by atoms with Crippen LogP contribution in [-0.4, -0.2) is 38.3 Å². The van der Waals surface area contributed by atoms with Gasteiger partial charge in [-0.15, -0.1) is 12.4 Å². The predicted octanol–water partition coefficient (Wildman–Crippen LogP) is 2.27. The number of ether oxygens (including phenoxy) is 2. The number of amides is 1. The molecule has 134 valence electrons. The maximum absolute atomic E-state index is 11.9. The summed E-state index contributed by atoms with van der Waals surface area (Å²) in [5.74, 6) is -0.0884. The fourth-order valence-corrected chi connectivity index (χ4v) is 2.72. The van der Waals surface area contributed by atoms with E-state index in [1.54, 1.807) is 0 Å². The normalized spacial score (nSPS) is 18.0. The van der Waals surface area contributed by atoms with E-state index in [1.807, 2.05) is 30.3 Å². The van der Waals surface area contributed by atoms with Crippen molar-refractivity contribution in [2.24, 2.45) is 5.92 Å². The minimum atomic E-state index is -0.673. The minimum Gasteiger partial charge on any atom is -0.467 e. The largest absolute Gasteiger partial charge is 0.467 e. The first kappa shape index (κ1) is 20.3. The Morgan fingerprint density at radius 2 is 2.08 bits per heavy atom. The molecule has 1 amide bonds. The minimum absolute atomic E-state index is 0. The van der Waals surface area contributed by atoms with Gasteiger partial charge in [0.1, 0.15) is 12.6 Å². The van der Waals surface area contributed by atoms with E-state index in [4.69, 9.17) is 9.47 Å². The van der Waals surface area contributed by atoms with Crippen LogP contribution in [0.1, 0.15) is 24.8 Å². The van der Waals surface area contributed by atoms with Gasteiger partial charge in [0.05, 0.1) is 7.11 Å². The molecule has 1 saturated heterocycles. The fourth-order valence-electron chi connectivity index (χ4n) is 2.72. The highest BCUT2D eigenvalue weighted by atomic mass is 35.5. The molecule has 6 nitrogen and oxygen atoms in total. The Kier molecular flexibility index (Phi) is 9.19. The quantitative estimate of drug-likeness (QED) is 0.765. The lowest BCUT2D eigenvalue weighted by Crippen LogP contribution is -2.44. The van der Waals surface area contributed by atoms with Crippen molar-refractivity contribution in [2.45, 2.75) is 31.9 Å². The van der Waals surface area contributed by atoms with Crippen molar-refractivity contribution >= 4 is 24.5 Å². The maximum atomic E-state index is 11.9. The summed E-state index contributed by atoms with van der Waals surface area (Å²) in [5, 5.41) is 5.92. The number of halogens is 1. The van der Waals surface area contributed by atoms with Gasteiger partial charge in [0.15, 0.2) is 0 Å². The van der Waals surface area contributed by atoms with Gasteiger partial charge >= 0.3 is 12.1 Å². The van der Waals surface area contributed by atoms with Gasteiger partial charge in [-0.05, 0) is 43.8 Å². The number of carbonyl (C=O) groups excluding carboxylic acids is 2. The average Bonchev–Trinajstić information content (AvgIpc) is 2.60. The van der Waals surface area contributed by atoms with Gasteiger partial charge in [-0.3, -0.25) is 0 Å². The third-order valence-electron chi connectivity index (χ3n) is 3.96. The first-order chi connectivity index (χ1) is 11.2. The Bertz CT molecular complexity index is 507. The molecule has 0 radical (unpaired) electrons. The summed E-state index contributed by atoms with van der Waals surface area (Å²) in [4.78, 5) is 23.8. The molecular formula is C17H25ClN2O4. The molecule has 1 unspecified atom stereocenters. The zero-order valence-electron chi connectivity index (χ0n) is 13.8. The Hall–Kier alpha value is -1.79. The summed E-state index contributed by atoms with van der Waals surface area (Å²) in [7, 11) is 1.32. The smallest absolute Gasteiger partial charge is 0.408 e. The van der Waals surface area contributed by atoms with E-state index in [2.05, 4.69) is 10.6 Å². The number of hydrogen-bond donors (Lipinski definition) is 2. The molecule has 1 fully saturated rings. The van der Waals surface area contributed by atoms with Crippen LogP contribution < -0.4 is 10.6 Å². The zero-order chi connectivity index (χ0) is 16.5. The zero-order valence-corrected chi connectivity index (χ0v) is 14.6. The third kappa shape index (κ3) is 6.76. The Morgan fingerprint density at radius 1 is 1.33 bits per heavy atom. The summed E-state index contributed by atoms with van der Waals surface area (Å²) in [5.41, 5.74) is 0.897. The number of rotatable bonds is 6. The molecular weight excluding hydrogens is 332 g/mol. The van der Waals surface area contributed by atoms with Crippen LogP contribution in [0.25, 0.3) is 0 Å². The number of nitrogens with one attached hydrogen (secondary N) is 2. The lowest BCUT2D eigenvalue weighted by Gasteiger charge is -2.26. The highest BCUT2D eigenvalue weighted by molar-refractivity contribution is 5.85. The molecule has 1 aliphatic heterocycles. The van der Waals surface area contributed by atoms with Gasteiger partial charge < -0.3 is 20.1 Å². The lowest BCUT2D eigenvalue weighted by molar-refractivity contribution is -0.143. The van der Waals surface area contributed by atoms with E-state index in [0.717, 1.165) is 31.5 Å². The van der Waals surface area contributed by atoms with E-state index >= 15 is 0 Å². The van der Waals surface area contributed by atoms with Crippen molar-refractivity contribution in [1.82, 2.24) is 10.6 Å². The fraction of sp³-hybridized carbons (Fsp3) is 0.529. The Balaban J connectivity index is 0.00000288. The van der Waals surface area contributed by atoms with E-state index in [1.165, 1.54) is 7.11 Å². The van der Waals surface area contributed by atoms with E-state index in [9.17, 15) is 9.59 Å². The standard InChI is InChI=1S/C17H24N2O4.ClH/c1-22-16(20)15(10-14-8-5-9-18-11-14)19-17(21)23-12-13-6-3-2-4-7-13;/h2-4,6-7,14-15,18H,5,8-12H2,1H3,(H,19,21);1H/t14?,15-;/m0./s1. The molecule has 1 heterocycles. The average molecular weight is 357 g/mol. The van der Waals surface area contributed by atoms with Crippen molar-refractivity contribution < 1.29 is 19.1 Å². The van der Waals surface area contributed by atoms with Crippen LogP contribution in [0.4, 0.5) is 4.79 Å². The van der Waals surface area contributed by atoms with Crippen LogP contribution in [0.15, 0.2) is 30.3 Å². The van der Waals surface area contributed by atoms with Gasteiger partial charge in [0, 0.05) is 0 Å². The van der Waals surface area contributed by atoms with Crippen molar-refractivity contribution in [3.05, 3.63) is 35.9 Å². The SMILES string of the molecule is COC(=O)[C@H](CC1CCCNC1)NC(=O)OCc1ccccc1.Cl. The number of benzene rings is 1. The van der Waals surface area contributed by atoms with Crippen LogP contribution in [0, 0.1) is 5.92 Å². The molecule has 1 aliphatic rings. The second-order valence-electron chi connectivity index (χ2n) is 5.73. The van der Waals surface area contributed by atoms with Crippen molar-refractivity contribution in [3.8, 4) is 0 Å². The van der Waals surface area contributed by atoms with Crippen LogP contribution in [0.3, 0.4) is 0 Å². The van der Waals surface area contributed by atoms with Gasteiger partial charge in [-0.25, -0.2) is 9.59 Å². The van der Waals surface area contributed by atoms with Crippen molar-refractivity contribution in [3.63, 3.8) is 0 Å². The number of esters is 1. The van der Waals surface area contributed by atoms with Gasteiger partial charge in [-0.1, -0.05) is 30.3 Å².